The van der Waals surface area contributed by atoms with Crippen LogP contribution in [0.5, 0.6) is 0 Å². The third kappa shape index (κ3) is 2.98. The van der Waals surface area contributed by atoms with Gasteiger partial charge in [0.1, 0.15) is 5.82 Å². The number of pyridine rings is 1. The van der Waals surface area contributed by atoms with Crippen molar-refractivity contribution in [2.24, 2.45) is 0 Å². The molecule has 0 radical (unpaired) electrons. The number of hydrogen-bond donors (Lipinski definition) is 0. The van der Waals surface area contributed by atoms with E-state index in [9.17, 15) is 0 Å². The monoisotopic (exact) mass is 318 g/mol. The van der Waals surface area contributed by atoms with Crippen molar-refractivity contribution in [1.29, 1.82) is 0 Å². The van der Waals surface area contributed by atoms with E-state index in [-0.39, 0.29) is 0 Å². The maximum Gasteiger partial charge on any atom is 0.161 e. The van der Waals surface area contributed by atoms with E-state index in [2.05, 4.69) is 14.9 Å². The highest BCUT2D eigenvalue weighted by Gasteiger charge is 2.19. The molecule has 24 heavy (non-hydrogen) atoms. The maximum atomic E-state index is 5.49. The van der Waals surface area contributed by atoms with Crippen molar-refractivity contribution in [3.8, 4) is 22.5 Å². The molecule has 0 unspecified atom stereocenters. The topological polar surface area (TPSA) is 51.1 Å². The molecule has 120 valence electrons. The molecule has 3 aromatic rings. The summed E-state index contributed by atoms with van der Waals surface area (Å²) in [5.74, 6) is 1.70. The van der Waals surface area contributed by atoms with Gasteiger partial charge < -0.3 is 9.64 Å². The zero-order chi connectivity index (χ0) is 16.2. The minimum Gasteiger partial charge on any atom is -0.378 e. The van der Waals surface area contributed by atoms with Gasteiger partial charge in [0, 0.05) is 42.8 Å². The van der Waals surface area contributed by atoms with E-state index in [1.807, 2.05) is 48.7 Å². The quantitative estimate of drug-likeness (QED) is 0.743. The fourth-order valence-electron chi connectivity index (χ4n) is 2.85. The Balaban J connectivity index is 1.81. The van der Waals surface area contributed by atoms with Crippen LogP contribution in [0.1, 0.15) is 0 Å². The fraction of sp³-hybridized carbons (Fsp3) is 0.211. The molecule has 3 heterocycles. The third-order valence-electron chi connectivity index (χ3n) is 4.10. The lowest BCUT2D eigenvalue weighted by Crippen LogP contribution is -2.37. The van der Waals surface area contributed by atoms with Gasteiger partial charge in [0.05, 0.1) is 13.2 Å². The molecule has 5 nitrogen and oxygen atoms in total. The van der Waals surface area contributed by atoms with Gasteiger partial charge >= 0.3 is 0 Å². The predicted octanol–water partition coefficient (Wildman–Crippen LogP) is 3.04. The second-order valence-corrected chi connectivity index (χ2v) is 5.63. The van der Waals surface area contributed by atoms with Crippen LogP contribution in [0.15, 0.2) is 61.1 Å². The van der Waals surface area contributed by atoms with Crippen LogP contribution in [0.3, 0.4) is 0 Å². The molecule has 4 rings (SSSR count). The molecular weight excluding hydrogens is 300 g/mol. The van der Waals surface area contributed by atoms with Gasteiger partial charge in [0.25, 0.3) is 0 Å². The summed E-state index contributed by atoms with van der Waals surface area (Å²) >= 11 is 0. The average Bonchev–Trinajstić information content (AvgIpc) is 2.69. The molecule has 1 aromatic carbocycles. The molecule has 5 heteroatoms. The van der Waals surface area contributed by atoms with Crippen molar-refractivity contribution in [2.75, 3.05) is 31.2 Å². The summed E-state index contributed by atoms with van der Waals surface area (Å²) in [6, 6.07) is 14.1. The summed E-state index contributed by atoms with van der Waals surface area (Å²) in [6.07, 6.45) is 5.50. The van der Waals surface area contributed by atoms with Gasteiger partial charge in [-0.3, -0.25) is 4.98 Å². The summed E-state index contributed by atoms with van der Waals surface area (Å²) in [7, 11) is 0. The first-order valence-electron chi connectivity index (χ1n) is 8.07. The van der Waals surface area contributed by atoms with Crippen molar-refractivity contribution in [3.63, 3.8) is 0 Å². The van der Waals surface area contributed by atoms with Crippen LogP contribution in [-0.4, -0.2) is 41.3 Å². The summed E-state index contributed by atoms with van der Waals surface area (Å²) in [4.78, 5) is 15.8. The van der Waals surface area contributed by atoms with Gasteiger partial charge in [-0.05, 0) is 17.7 Å². The van der Waals surface area contributed by atoms with Crippen LogP contribution in [0, 0.1) is 0 Å². The Morgan fingerprint density at radius 2 is 1.62 bits per heavy atom. The van der Waals surface area contributed by atoms with E-state index in [0.29, 0.717) is 0 Å². The number of ether oxygens (including phenoxy) is 1. The third-order valence-corrected chi connectivity index (χ3v) is 4.10. The molecular formula is C19H18N4O. The number of hydrogen-bond acceptors (Lipinski definition) is 5. The molecule has 0 amide bonds. The molecule has 0 aliphatic carbocycles. The van der Waals surface area contributed by atoms with E-state index in [1.165, 1.54) is 0 Å². The van der Waals surface area contributed by atoms with Gasteiger partial charge in [-0.2, -0.15) is 0 Å². The van der Waals surface area contributed by atoms with E-state index in [4.69, 9.17) is 9.72 Å². The molecule has 0 atom stereocenters. The van der Waals surface area contributed by atoms with E-state index in [0.717, 1.165) is 54.6 Å². The van der Waals surface area contributed by atoms with Gasteiger partial charge in [0.2, 0.25) is 0 Å². The SMILES string of the molecule is c1ccc(-c2ncc(-c3ccncc3)c(N3CCOCC3)n2)cc1. The van der Waals surface area contributed by atoms with Gasteiger partial charge in [-0.15, -0.1) is 0 Å². The second kappa shape index (κ2) is 6.76. The Kier molecular flexibility index (Phi) is 4.16. The minimum absolute atomic E-state index is 0.723. The first-order chi connectivity index (χ1) is 11.9. The van der Waals surface area contributed by atoms with Gasteiger partial charge in [0.15, 0.2) is 5.82 Å². The molecule has 1 aliphatic heterocycles. The molecule has 0 N–H and O–H groups in total. The largest absolute Gasteiger partial charge is 0.378 e. The van der Waals surface area contributed by atoms with Crippen LogP contribution in [0.25, 0.3) is 22.5 Å². The molecule has 0 saturated carbocycles. The number of aromatic nitrogens is 3. The van der Waals surface area contributed by atoms with Gasteiger partial charge in [-0.25, -0.2) is 9.97 Å². The Hall–Kier alpha value is -2.79. The minimum atomic E-state index is 0.723. The van der Waals surface area contributed by atoms with Crippen LogP contribution in [-0.2, 0) is 4.74 Å². The highest BCUT2D eigenvalue weighted by Crippen LogP contribution is 2.30. The molecule has 1 fully saturated rings. The average molecular weight is 318 g/mol. The standard InChI is InChI=1S/C19H18N4O/c1-2-4-16(5-3-1)18-21-14-17(15-6-8-20-9-7-15)19(22-18)23-10-12-24-13-11-23/h1-9,14H,10-13H2. The van der Waals surface area contributed by atoms with Gasteiger partial charge in [-0.1, -0.05) is 30.3 Å². The summed E-state index contributed by atoms with van der Waals surface area (Å²) < 4.78 is 5.49. The second-order valence-electron chi connectivity index (χ2n) is 5.63. The van der Waals surface area contributed by atoms with E-state index >= 15 is 0 Å². The zero-order valence-corrected chi connectivity index (χ0v) is 13.3. The maximum absolute atomic E-state index is 5.49. The van der Waals surface area contributed by atoms with Crippen LogP contribution >= 0.6 is 0 Å². The van der Waals surface area contributed by atoms with Crippen LogP contribution < -0.4 is 4.90 Å². The molecule has 0 bridgehead atoms. The van der Waals surface area contributed by atoms with Crippen molar-refractivity contribution in [3.05, 3.63) is 61.1 Å². The summed E-state index contributed by atoms with van der Waals surface area (Å²) in [5.41, 5.74) is 3.12. The lowest BCUT2D eigenvalue weighted by atomic mass is 10.1. The number of rotatable bonds is 3. The summed E-state index contributed by atoms with van der Waals surface area (Å²) in [5, 5.41) is 0. The first-order valence-corrected chi connectivity index (χ1v) is 8.07. The smallest absolute Gasteiger partial charge is 0.161 e. The molecule has 1 saturated heterocycles. The van der Waals surface area contributed by atoms with Crippen molar-refractivity contribution in [1.82, 2.24) is 15.0 Å². The Labute approximate surface area is 141 Å². The molecule has 0 spiro atoms. The predicted molar refractivity (Wildman–Crippen MR) is 93.7 cm³/mol. The zero-order valence-electron chi connectivity index (χ0n) is 13.3. The number of benzene rings is 1. The van der Waals surface area contributed by atoms with Crippen LogP contribution in [0.4, 0.5) is 5.82 Å². The Bertz CT molecular complexity index is 802. The Morgan fingerprint density at radius 1 is 0.875 bits per heavy atom. The molecule has 1 aliphatic rings. The molecule has 2 aromatic heterocycles. The highest BCUT2D eigenvalue weighted by molar-refractivity contribution is 5.76. The van der Waals surface area contributed by atoms with Crippen molar-refractivity contribution < 1.29 is 4.74 Å². The lowest BCUT2D eigenvalue weighted by Gasteiger charge is -2.29. The summed E-state index contributed by atoms with van der Waals surface area (Å²) in [6.45, 7) is 3.12. The number of anilines is 1. The normalized spacial score (nSPS) is 14.6. The van der Waals surface area contributed by atoms with Crippen molar-refractivity contribution >= 4 is 5.82 Å². The lowest BCUT2D eigenvalue weighted by molar-refractivity contribution is 0.122. The van der Waals surface area contributed by atoms with E-state index < -0.39 is 0 Å². The first kappa shape index (κ1) is 14.8. The number of nitrogens with zero attached hydrogens (tertiary/aromatic N) is 4. The van der Waals surface area contributed by atoms with E-state index in [1.54, 1.807) is 12.4 Å². The fourth-order valence-corrected chi connectivity index (χ4v) is 2.85. The Morgan fingerprint density at radius 3 is 2.38 bits per heavy atom. The van der Waals surface area contributed by atoms with Crippen molar-refractivity contribution in [2.45, 2.75) is 0 Å². The van der Waals surface area contributed by atoms with Crippen LogP contribution in [0.2, 0.25) is 0 Å². The number of morpholine rings is 1. The highest BCUT2D eigenvalue weighted by atomic mass is 16.5.